The zero-order chi connectivity index (χ0) is 22.7. The Morgan fingerprint density at radius 1 is 0.969 bits per heavy atom. The minimum absolute atomic E-state index is 0.00559. The van der Waals surface area contributed by atoms with Gasteiger partial charge in [0.05, 0.1) is 9.82 Å². The molecule has 1 amide bonds. The highest BCUT2D eigenvalue weighted by molar-refractivity contribution is 7.89. The number of hydrogen-bond donors (Lipinski definition) is 0. The Morgan fingerprint density at radius 2 is 1.75 bits per heavy atom. The van der Waals surface area contributed by atoms with Crippen molar-refractivity contribution in [2.45, 2.75) is 43.0 Å². The summed E-state index contributed by atoms with van der Waals surface area (Å²) in [5, 5.41) is 11.1. The fraction of sp³-hybridized carbons (Fsp3) is 0.435. The first kappa shape index (κ1) is 22.4. The van der Waals surface area contributed by atoms with Gasteiger partial charge in [0.2, 0.25) is 10.0 Å². The fourth-order valence-corrected chi connectivity index (χ4v) is 6.43. The van der Waals surface area contributed by atoms with Crippen molar-refractivity contribution in [1.82, 2.24) is 9.21 Å². The molecule has 2 aromatic rings. The first-order valence-corrected chi connectivity index (χ1v) is 12.4. The van der Waals surface area contributed by atoms with Crippen molar-refractivity contribution in [2.75, 3.05) is 19.6 Å². The van der Waals surface area contributed by atoms with E-state index in [0.29, 0.717) is 31.6 Å². The molecule has 32 heavy (non-hydrogen) atoms. The van der Waals surface area contributed by atoms with Gasteiger partial charge in [0.15, 0.2) is 0 Å². The quantitative estimate of drug-likeness (QED) is 0.503. The largest absolute Gasteiger partial charge is 0.335 e. The number of nitrogens with zero attached hydrogens (tertiary/aromatic N) is 3. The summed E-state index contributed by atoms with van der Waals surface area (Å²) in [4.78, 5) is 25.5. The molecule has 9 heteroatoms. The molecule has 0 aromatic heterocycles. The Balaban J connectivity index is 1.55. The number of amides is 1. The molecule has 2 fully saturated rings. The average molecular weight is 458 g/mol. The first-order valence-electron chi connectivity index (χ1n) is 11.0. The maximum Gasteiger partial charge on any atom is 0.270 e. The highest BCUT2D eigenvalue weighted by Crippen LogP contribution is 2.33. The number of likely N-dealkylation sites (tertiary alicyclic amines) is 1. The van der Waals surface area contributed by atoms with Crippen molar-refractivity contribution in [1.29, 1.82) is 0 Å². The predicted molar refractivity (Wildman–Crippen MR) is 120 cm³/mol. The second-order valence-corrected chi connectivity index (χ2v) is 10.4. The number of non-ortho nitro benzene ring substituents is 1. The molecule has 0 N–H and O–H groups in total. The molecule has 0 spiro atoms. The monoisotopic (exact) mass is 457 g/mol. The van der Waals surface area contributed by atoms with Gasteiger partial charge in [-0.3, -0.25) is 14.9 Å². The molecule has 2 aromatic carbocycles. The van der Waals surface area contributed by atoms with Gasteiger partial charge in [-0.2, -0.15) is 4.31 Å². The molecular formula is C23H27N3O5S. The Labute approximate surface area is 188 Å². The Bertz CT molecular complexity index is 1090. The van der Waals surface area contributed by atoms with Crippen LogP contribution in [-0.4, -0.2) is 54.1 Å². The third kappa shape index (κ3) is 4.54. The molecule has 2 unspecified atom stereocenters. The van der Waals surface area contributed by atoms with Crippen LogP contribution in [-0.2, 0) is 10.0 Å². The molecule has 2 atom stereocenters. The Hall–Kier alpha value is -2.78. The van der Waals surface area contributed by atoms with E-state index in [0.717, 1.165) is 31.7 Å². The minimum atomic E-state index is -3.85. The predicted octanol–water partition coefficient (Wildman–Crippen LogP) is 3.69. The van der Waals surface area contributed by atoms with E-state index >= 15 is 0 Å². The maximum atomic E-state index is 13.3. The molecule has 2 aliphatic heterocycles. The number of carbonyl (C=O) groups is 1. The lowest BCUT2D eigenvalue weighted by molar-refractivity contribution is -0.385. The maximum absolute atomic E-state index is 13.3. The van der Waals surface area contributed by atoms with E-state index in [-0.39, 0.29) is 28.4 Å². The molecule has 2 saturated heterocycles. The van der Waals surface area contributed by atoms with E-state index in [1.54, 1.807) is 0 Å². The molecule has 2 aliphatic rings. The van der Waals surface area contributed by atoms with E-state index in [4.69, 9.17) is 0 Å². The number of benzene rings is 2. The van der Waals surface area contributed by atoms with Gasteiger partial charge in [-0.25, -0.2) is 8.42 Å². The van der Waals surface area contributed by atoms with E-state index in [9.17, 15) is 23.3 Å². The zero-order valence-corrected chi connectivity index (χ0v) is 18.6. The number of nitro benzene ring substituents is 1. The summed E-state index contributed by atoms with van der Waals surface area (Å²) in [7, 11) is -3.85. The van der Waals surface area contributed by atoms with Gasteiger partial charge in [0.1, 0.15) is 0 Å². The SMILES string of the molecule is O=C(c1ccccc1)N1CCCCC1C1CCCN(S(=O)(=O)c2cccc([N+](=O)[O-])c2)C1. The summed E-state index contributed by atoms with van der Waals surface area (Å²) < 4.78 is 27.9. The normalized spacial score (nSPS) is 22.4. The fourth-order valence-electron chi connectivity index (χ4n) is 4.86. The third-order valence-corrected chi connectivity index (χ3v) is 8.32. The molecule has 0 bridgehead atoms. The highest BCUT2D eigenvalue weighted by atomic mass is 32.2. The van der Waals surface area contributed by atoms with Crippen LogP contribution in [0.1, 0.15) is 42.5 Å². The minimum Gasteiger partial charge on any atom is -0.335 e. The number of piperidine rings is 2. The molecule has 8 nitrogen and oxygen atoms in total. The van der Waals surface area contributed by atoms with Crippen LogP contribution in [0.25, 0.3) is 0 Å². The van der Waals surface area contributed by atoms with Gasteiger partial charge in [-0.15, -0.1) is 0 Å². The second-order valence-electron chi connectivity index (χ2n) is 8.45. The van der Waals surface area contributed by atoms with Crippen LogP contribution in [0.5, 0.6) is 0 Å². The summed E-state index contributed by atoms with van der Waals surface area (Å²) in [6.45, 7) is 1.36. The van der Waals surface area contributed by atoms with Crippen LogP contribution in [0.4, 0.5) is 5.69 Å². The lowest BCUT2D eigenvalue weighted by atomic mass is 9.85. The summed E-state index contributed by atoms with van der Waals surface area (Å²) >= 11 is 0. The smallest absolute Gasteiger partial charge is 0.270 e. The van der Waals surface area contributed by atoms with Crippen LogP contribution in [0.15, 0.2) is 59.5 Å². The van der Waals surface area contributed by atoms with Crippen molar-refractivity contribution >= 4 is 21.6 Å². The van der Waals surface area contributed by atoms with Crippen LogP contribution in [0, 0.1) is 16.0 Å². The number of nitro groups is 1. The van der Waals surface area contributed by atoms with Gasteiger partial charge in [0.25, 0.3) is 11.6 Å². The number of rotatable bonds is 5. The van der Waals surface area contributed by atoms with E-state index in [1.807, 2.05) is 35.2 Å². The van der Waals surface area contributed by atoms with E-state index < -0.39 is 14.9 Å². The van der Waals surface area contributed by atoms with Gasteiger partial charge in [0, 0.05) is 43.4 Å². The van der Waals surface area contributed by atoms with Crippen molar-refractivity contribution in [2.24, 2.45) is 5.92 Å². The number of carbonyl (C=O) groups excluding carboxylic acids is 1. The molecular weight excluding hydrogens is 430 g/mol. The Morgan fingerprint density at radius 3 is 2.50 bits per heavy atom. The summed E-state index contributed by atoms with van der Waals surface area (Å²) in [6, 6.07) is 14.4. The van der Waals surface area contributed by atoms with Crippen molar-refractivity contribution in [3.05, 3.63) is 70.3 Å². The topological polar surface area (TPSA) is 101 Å². The van der Waals surface area contributed by atoms with Crippen LogP contribution < -0.4 is 0 Å². The number of hydrogen-bond acceptors (Lipinski definition) is 5. The first-order chi connectivity index (χ1) is 15.4. The van der Waals surface area contributed by atoms with Crippen molar-refractivity contribution in [3.8, 4) is 0 Å². The molecule has 0 aliphatic carbocycles. The number of sulfonamides is 1. The van der Waals surface area contributed by atoms with E-state index in [2.05, 4.69) is 0 Å². The van der Waals surface area contributed by atoms with Crippen LogP contribution >= 0.6 is 0 Å². The van der Waals surface area contributed by atoms with Gasteiger partial charge < -0.3 is 4.90 Å². The third-order valence-electron chi connectivity index (χ3n) is 6.46. The second kappa shape index (κ2) is 9.38. The average Bonchev–Trinajstić information content (AvgIpc) is 2.84. The van der Waals surface area contributed by atoms with Crippen molar-refractivity contribution in [3.63, 3.8) is 0 Å². The van der Waals surface area contributed by atoms with E-state index in [1.165, 1.54) is 22.5 Å². The summed E-state index contributed by atoms with van der Waals surface area (Å²) in [5.41, 5.74) is 0.405. The highest BCUT2D eigenvalue weighted by Gasteiger charge is 2.38. The summed E-state index contributed by atoms with van der Waals surface area (Å²) in [6.07, 6.45) is 4.36. The summed E-state index contributed by atoms with van der Waals surface area (Å²) in [5.74, 6) is 0.0270. The lowest BCUT2D eigenvalue weighted by Crippen LogP contribution is -2.52. The van der Waals surface area contributed by atoms with Gasteiger partial charge in [-0.05, 0) is 56.2 Å². The van der Waals surface area contributed by atoms with Crippen LogP contribution in [0.3, 0.4) is 0 Å². The lowest BCUT2D eigenvalue weighted by Gasteiger charge is -2.44. The van der Waals surface area contributed by atoms with Gasteiger partial charge >= 0.3 is 0 Å². The zero-order valence-electron chi connectivity index (χ0n) is 17.8. The van der Waals surface area contributed by atoms with Gasteiger partial charge in [-0.1, -0.05) is 24.3 Å². The van der Waals surface area contributed by atoms with Crippen molar-refractivity contribution < 1.29 is 18.1 Å². The molecule has 0 saturated carbocycles. The molecule has 4 rings (SSSR count). The molecule has 0 radical (unpaired) electrons. The standard InChI is InChI=1S/C23H27N3O5S/c27-23(18-8-2-1-3-9-18)25-15-5-4-13-22(25)19-10-7-14-24(17-19)32(30,31)21-12-6-11-20(16-21)26(28)29/h1-3,6,8-9,11-12,16,19,22H,4-5,7,10,13-15,17H2. The molecule has 2 heterocycles. The van der Waals surface area contributed by atoms with Crippen LogP contribution in [0.2, 0.25) is 0 Å². The molecule has 170 valence electrons. The Kier molecular flexibility index (Phi) is 6.57.